The molecule has 3 nitrogen and oxygen atoms in total. The fourth-order valence-corrected chi connectivity index (χ4v) is 5.57. The smallest absolute Gasteiger partial charge is 0.222 e. The number of fused-ring (bicyclic) bond motifs is 3. The number of carbonyl (C=O) groups is 1. The van der Waals surface area contributed by atoms with Gasteiger partial charge in [-0.05, 0) is 41.4 Å². The van der Waals surface area contributed by atoms with E-state index in [2.05, 4.69) is 76.5 Å². The number of rotatable bonds is 5. The van der Waals surface area contributed by atoms with E-state index in [1.807, 2.05) is 6.92 Å². The number of halogens is 1. The van der Waals surface area contributed by atoms with Gasteiger partial charge in [0, 0.05) is 32.1 Å². The summed E-state index contributed by atoms with van der Waals surface area (Å²) in [4.78, 5) is 17.4. The Bertz CT molecular complexity index is 866. The molecule has 1 spiro atoms. The molecular weight excluding hydrogens is 392 g/mol. The Labute approximate surface area is 186 Å². The van der Waals surface area contributed by atoms with Crippen molar-refractivity contribution in [1.82, 2.24) is 9.80 Å². The minimum Gasteiger partial charge on any atom is -0.334 e. The summed E-state index contributed by atoms with van der Waals surface area (Å²) in [5.74, 6) is 0.355. The summed E-state index contributed by atoms with van der Waals surface area (Å²) in [5, 5.41) is 0. The number of benzene rings is 2. The first-order chi connectivity index (χ1) is 14.2. The molecule has 158 valence electrons. The molecule has 2 aromatic rings. The zero-order chi connectivity index (χ0) is 19.8. The Morgan fingerprint density at radius 3 is 2.13 bits per heavy atom. The molecule has 5 rings (SSSR count). The van der Waals surface area contributed by atoms with Crippen molar-refractivity contribution in [3.05, 3.63) is 77.9 Å². The first-order valence-electron chi connectivity index (χ1n) is 11.0. The maximum absolute atomic E-state index is 12.6. The quantitative estimate of drug-likeness (QED) is 0.675. The third-order valence-corrected chi connectivity index (χ3v) is 7.18. The zero-order valence-electron chi connectivity index (χ0n) is 17.7. The molecule has 3 fully saturated rings. The Balaban J connectivity index is 0.00000218. The molecule has 4 heteroatoms. The monoisotopic (exact) mass is 422 g/mol. The van der Waals surface area contributed by atoms with E-state index in [4.69, 9.17) is 0 Å². The van der Waals surface area contributed by atoms with Crippen LogP contribution in [0.15, 0.2) is 66.7 Å². The molecule has 2 bridgehead atoms. The molecule has 3 aliphatic rings. The van der Waals surface area contributed by atoms with Gasteiger partial charge in [0.2, 0.25) is 5.91 Å². The van der Waals surface area contributed by atoms with Crippen LogP contribution < -0.4 is 0 Å². The molecule has 2 aliphatic heterocycles. The zero-order valence-corrected chi connectivity index (χ0v) is 18.5. The highest BCUT2D eigenvalue weighted by Crippen LogP contribution is 2.60. The molecule has 30 heavy (non-hydrogen) atoms. The largest absolute Gasteiger partial charge is 0.334 e. The molecule has 1 amide bonds. The Morgan fingerprint density at radius 1 is 1.00 bits per heavy atom. The number of piperazine rings is 1. The van der Waals surface area contributed by atoms with E-state index in [1.54, 1.807) is 0 Å². The van der Waals surface area contributed by atoms with Gasteiger partial charge in [-0.3, -0.25) is 9.69 Å². The van der Waals surface area contributed by atoms with Gasteiger partial charge in [-0.2, -0.15) is 0 Å². The minimum atomic E-state index is 0. The van der Waals surface area contributed by atoms with Gasteiger partial charge in [0.25, 0.3) is 0 Å². The van der Waals surface area contributed by atoms with Crippen molar-refractivity contribution in [3.63, 3.8) is 0 Å². The van der Waals surface area contributed by atoms with Gasteiger partial charge in [0.1, 0.15) is 0 Å². The second-order valence-corrected chi connectivity index (χ2v) is 8.96. The summed E-state index contributed by atoms with van der Waals surface area (Å²) in [5.41, 5.74) is 4.27. The third-order valence-electron chi connectivity index (χ3n) is 7.18. The van der Waals surface area contributed by atoms with E-state index in [9.17, 15) is 4.79 Å². The highest BCUT2D eigenvalue weighted by atomic mass is 35.5. The SMILES string of the molecule is CCC(=O)N1C2CN(CC=C(c3ccccc3)c3ccccc3)CC1C1(CC1)C2.Cl. The highest BCUT2D eigenvalue weighted by molar-refractivity contribution is 5.85. The van der Waals surface area contributed by atoms with Crippen LogP contribution in [0.5, 0.6) is 0 Å². The number of hydrogen-bond donors (Lipinski definition) is 0. The average Bonchev–Trinajstić information content (AvgIpc) is 3.51. The van der Waals surface area contributed by atoms with Crippen LogP contribution in [0.25, 0.3) is 5.57 Å². The Hall–Kier alpha value is -2.10. The lowest BCUT2D eigenvalue weighted by molar-refractivity contribution is -0.137. The van der Waals surface area contributed by atoms with E-state index < -0.39 is 0 Å². The first kappa shape index (κ1) is 21.1. The molecule has 1 aliphatic carbocycles. The van der Waals surface area contributed by atoms with Crippen LogP contribution >= 0.6 is 12.4 Å². The summed E-state index contributed by atoms with van der Waals surface area (Å²) in [6.45, 7) is 4.98. The van der Waals surface area contributed by atoms with E-state index in [1.165, 1.54) is 36.0 Å². The fraction of sp³-hybridized carbons (Fsp3) is 0.423. The molecular formula is C26H31ClN2O. The van der Waals surface area contributed by atoms with Gasteiger partial charge in [-0.25, -0.2) is 0 Å². The lowest BCUT2D eigenvalue weighted by atomic mass is 9.96. The topological polar surface area (TPSA) is 23.6 Å². The van der Waals surface area contributed by atoms with Gasteiger partial charge in [0.15, 0.2) is 0 Å². The van der Waals surface area contributed by atoms with Crippen molar-refractivity contribution in [2.24, 2.45) is 5.41 Å². The Morgan fingerprint density at radius 2 is 1.60 bits per heavy atom. The minimum absolute atomic E-state index is 0. The lowest BCUT2D eigenvalue weighted by Gasteiger charge is -2.41. The van der Waals surface area contributed by atoms with Gasteiger partial charge in [-0.1, -0.05) is 73.7 Å². The normalized spacial score (nSPS) is 23.7. The van der Waals surface area contributed by atoms with E-state index in [0.29, 0.717) is 29.8 Å². The molecule has 0 aromatic heterocycles. The van der Waals surface area contributed by atoms with E-state index >= 15 is 0 Å². The lowest BCUT2D eigenvalue weighted by Crippen LogP contribution is -2.56. The second-order valence-electron chi connectivity index (χ2n) is 8.96. The van der Waals surface area contributed by atoms with Crippen LogP contribution in [0.3, 0.4) is 0 Å². The number of carbonyl (C=O) groups excluding carboxylic acids is 1. The van der Waals surface area contributed by atoms with Gasteiger partial charge in [-0.15, -0.1) is 12.4 Å². The summed E-state index contributed by atoms with van der Waals surface area (Å²) in [6, 6.07) is 22.2. The number of amides is 1. The van der Waals surface area contributed by atoms with Crippen molar-refractivity contribution >= 4 is 23.9 Å². The molecule has 2 heterocycles. The van der Waals surface area contributed by atoms with E-state index in [-0.39, 0.29) is 12.4 Å². The van der Waals surface area contributed by atoms with Crippen molar-refractivity contribution in [2.75, 3.05) is 19.6 Å². The highest BCUT2D eigenvalue weighted by Gasteiger charge is 2.62. The van der Waals surface area contributed by atoms with Crippen molar-refractivity contribution in [3.8, 4) is 0 Å². The van der Waals surface area contributed by atoms with Crippen LogP contribution in [0.4, 0.5) is 0 Å². The van der Waals surface area contributed by atoms with Crippen molar-refractivity contribution in [1.29, 1.82) is 0 Å². The van der Waals surface area contributed by atoms with Crippen LogP contribution in [-0.2, 0) is 4.79 Å². The Kier molecular flexibility index (Phi) is 6.04. The molecule has 1 saturated carbocycles. The molecule has 0 N–H and O–H groups in total. The third kappa shape index (κ3) is 3.81. The molecule has 2 unspecified atom stereocenters. The maximum Gasteiger partial charge on any atom is 0.222 e. The first-order valence-corrected chi connectivity index (χ1v) is 11.0. The maximum atomic E-state index is 12.6. The molecule has 2 atom stereocenters. The summed E-state index contributed by atoms with van der Waals surface area (Å²) >= 11 is 0. The average molecular weight is 423 g/mol. The van der Waals surface area contributed by atoms with Crippen LogP contribution in [0.1, 0.15) is 43.7 Å². The number of nitrogens with zero attached hydrogens (tertiary/aromatic N) is 2. The molecule has 0 radical (unpaired) electrons. The van der Waals surface area contributed by atoms with Crippen LogP contribution in [-0.4, -0.2) is 47.4 Å². The van der Waals surface area contributed by atoms with E-state index in [0.717, 1.165) is 19.6 Å². The fourth-order valence-electron chi connectivity index (χ4n) is 5.57. The van der Waals surface area contributed by atoms with Gasteiger partial charge >= 0.3 is 0 Å². The van der Waals surface area contributed by atoms with Crippen molar-refractivity contribution < 1.29 is 4.79 Å². The van der Waals surface area contributed by atoms with Crippen molar-refractivity contribution in [2.45, 2.75) is 44.7 Å². The van der Waals surface area contributed by atoms with Gasteiger partial charge in [0.05, 0.1) is 6.04 Å². The standard InChI is InChI=1S/C26H30N2O.ClH/c1-2-25(29)28-22-17-26(14-15-26)24(28)19-27(18-22)16-13-23(20-9-5-3-6-10-20)21-11-7-4-8-12-21;/h3-13,22,24H,2,14-19H2,1H3;1H. The molecule has 2 aromatic carbocycles. The second kappa shape index (κ2) is 8.56. The van der Waals surface area contributed by atoms with Crippen LogP contribution in [0, 0.1) is 5.41 Å². The number of hydrogen-bond acceptors (Lipinski definition) is 2. The molecule has 2 saturated heterocycles. The summed E-state index contributed by atoms with van der Waals surface area (Å²) in [6.07, 6.45) is 6.86. The number of likely N-dealkylation sites (tertiary alicyclic amines) is 1. The summed E-state index contributed by atoms with van der Waals surface area (Å²) < 4.78 is 0. The van der Waals surface area contributed by atoms with Gasteiger partial charge < -0.3 is 4.90 Å². The predicted molar refractivity (Wildman–Crippen MR) is 125 cm³/mol. The predicted octanol–water partition coefficient (Wildman–Crippen LogP) is 5.02. The van der Waals surface area contributed by atoms with Crippen LogP contribution in [0.2, 0.25) is 0 Å². The summed E-state index contributed by atoms with van der Waals surface area (Å²) in [7, 11) is 0.